The minimum Gasteiger partial charge on any atom is -0.426 e. The van der Waals surface area contributed by atoms with E-state index in [4.69, 9.17) is 9.47 Å². The molecule has 0 aromatic heterocycles. The highest BCUT2D eigenvalue weighted by Crippen LogP contribution is 2.24. The Morgan fingerprint density at radius 3 is 1.48 bits per heavy atom. The summed E-state index contributed by atoms with van der Waals surface area (Å²) in [6.45, 7) is 5.25. The van der Waals surface area contributed by atoms with Crippen molar-refractivity contribution < 1.29 is 23.8 Å². The van der Waals surface area contributed by atoms with Crippen LogP contribution in [-0.2, 0) is 33.6 Å². The molecule has 42 heavy (non-hydrogen) atoms. The number of carbonyl (C=O) groups is 2. The van der Waals surface area contributed by atoms with Crippen LogP contribution in [0.2, 0.25) is 0 Å². The highest BCUT2D eigenvalue weighted by molar-refractivity contribution is 5.75. The van der Waals surface area contributed by atoms with Crippen LogP contribution in [0, 0.1) is 11.3 Å². The van der Waals surface area contributed by atoms with Gasteiger partial charge in [-0.2, -0.15) is 5.26 Å². The minimum absolute atomic E-state index is 0.195. The Bertz CT molecular complexity index is 1390. The van der Waals surface area contributed by atoms with Crippen LogP contribution in [0.15, 0.2) is 122 Å². The number of ether oxygens (including phenoxy) is 3. The van der Waals surface area contributed by atoms with Gasteiger partial charge in [-0.3, -0.25) is 9.59 Å². The summed E-state index contributed by atoms with van der Waals surface area (Å²) in [6.07, 6.45) is 2.65. The van der Waals surface area contributed by atoms with E-state index in [1.54, 1.807) is 56.7 Å². The summed E-state index contributed by atoms with van der Waals surface area (Å²) in [5.41, 5.74) is 3.56. The van der Waals surface area contributed by atoms with E-state index >= 15 is 0 Å². The van der Waals surface area contributed by atoms with Crippen LogP contribution < -0.4 is 9.47 Å². The zero-order valence-corrected chi connectivity index (χ0v) is 24.4. The topological polar surface area (TPSA) is 85.6 Å². The third-order valence-electron chi connectivity index (χ3n) is 5.65. The molecule has 1 atom stereocenters. The lowest BCUT2D eigenvalue weighted by Crippen LogP contribution is -2.11. The standard InChI is InChI=1S/C31H25NO4.C3H6.C2H6O/c32-22-27(26-13-17-29(18-14-26)36-31(34)21-24-9-5-2-6-10-24)19-25-11-15-28(16-12-25)35-30(33)20-23-7-3-1-4-8-23;2*1-3-2/h1-18,27H,19-21H2;3H,1H2,2H3;1-2H3. The minimum atomic E-state index is -0.370. The van der Waals surface area contributed by atoms with E-state index in [-0.39, 0.29) is 30.7 Å². The van der Waals surface area contributed by atoms with Crippen molar-refractivity contribution in [1.29, 1.82) is 5.26 Å². The Kier molecular flexibility index (Phi) is 15.1. The Labute approximate surface area is 248 Å². The van der Waals surface area contributed by atoms with Crippen molar-refractivity contribution in [3.05, 3.63) is 144 Å². The first-order valence-electron chi connectivity index (χ1n) is 13.5. The van der Waals surface area contributed by atoms with Gasteiger partial charge >= 0.3 is 11.9 Å². The predicted molar refractivity (Wildman–Crippen MR) is 165 cm³/mol. The first-order chi connectivity index (χ1) is 20.4. The maximum atomic E-state index is 12.2. The lowest BCUT2D eigenvalue weighted by molar-refractivity contribution is -0.134. The molecule has 6 heteroatoms. The lowest BCUT2D eigenvalue weighted by atomic mass is 9.93. The van der Waals surface area contributed by atoms with E-state index in [1.807, 2.05) is 79.7 Å². The molecular formula is C36H37NO5. The molecule has 0 amide bonds. The molecule has 0 N–H and O–H groups in total. The number of allylic oxidation sites excluding steroid dienone is 1. The predicted octanol–water partition coefficient (Wildman–Crippen LogP) is 7.29. The Hall–Kier alpha value is -4.99. The van der Waals surface area contributed by atoms with Gasteiger partial charge in [0.15, 0.2) is 0 Å². The average Bonchev–Trinajstić information content (AvgIpc) is 2.99. The van der Waals surface area contributed by atoms with Gasteiger partial charge in [-0.05, 0) is 59.9 Å². The lowest BCUT2D eigenvalue weighted by Gasteiger charge is -2.12. The van der Waals surface area contributed by atoms with Crippen molar-refractivity contribution in [2.24, 2.45) is 0 Å². The smallest absolute Gasteiger partial charge is 0.315 e. The summed E-state index contributed by atoms with van der Waals surface area (Å²) in [6, 6.07) is 35.4. The monoisotopic (exact) mass is 563 g/mol. The second kappa shape index (κ2) is 19.1. The molecular weight excluding hydrogens is 526 g/mol. The maximum Gasteiger partial charge on any atom is 0.315 e. The molecule has 216 valence electrons. The molecule has 0 fully saturated rings. The van der Waals surface area contributed by atoms with E-state index in [9.17, 15) is 14.9 Å². The summed E-state index contributed by atoms with van der Waals surface area (Å²) in [5, 5.41) is 9.73. The number of esters is 2. The number of carbonyl (C=O) groups excluding carboxylic acids is 2. The molecule has 0 aliphatic rings. The molecule has 0 heterocycles. The van der Waals surface area contributed by atoms with Crippen molar-refractivity contribution >= 4 is 11.9 Å². The third kappa shape index (κ3) is 12.5. The van der Waals surface area contributed by atoms with Gasteiger partial charge in [0, 0.05) is 14.2 Å². The molecule has 0 saturated heterocycles. The summed E-state index contributed by atoms with van der Waals surface area (Å²) < 4.78 is 15.1. The van der Waals surface area contributed by atoms with Gasteiger partial charge < -0.3 is 14.2 Å². The summed E-state index contributed by atoms with van der Waals surface area (Å²) >= 11 is 0. The molecule has 0 spiro atoms. The number of benzene rings is 4. The summed E-state index contributed by atoms with van der Waals surface area (Å²) in [7, 11) is 3.25. The van der Waals surface area contributed by atoms with E-state index in [0.717, 1.165) is 22.3 Å². The number of nitriles is 1. The second-order valence-electron chi connectivity index (χ2n) is 9.19. The van der Waals surface area contributed by atoms with Crippen molar-refractivity contribution in [2.75, 3.05) is 14.2 Å². The first kappa shape index (κ1) is 33.2. The highest BCUT2D eigenvalue weighted by Gasteiger charge is 2.14. The molecule has 1 unspecified atom stereocenters. The van der Waals surface area contributed by atoms with Gasteiger partial charge in [0.1, 0.15) is 11.5 Å². The second-order valence-corrected chi connectivity index (χ2v) is 9.19. The van der Waals surface area contributed by atoms with Gasteiger partial charge in [-0.1, -0.05) is 91.0 Å². The summed E-state index contributed by atoms with van der Waals surface area (Å²) in [4.78, 5) is 24.3. The number of nitrogens with zero attached hydrogens (tertiary/aromatic N) is 1. The van der Waals surface area contributed by atoms with E-state index in [1.165, 1.54) is 0 Å². The Morgan fingerprint density at radius 2 is 1.10 bits per heavy atom. The molecule has 0 aliphatic heterocycles. The van der Waals surface area contributed by atoms with E-state index in [2.05, 4.69) is 17.4 Å². The number of rotatable bonds is 9. The number of hydrogen-bond donors (Lipinski definition) is 0. The molecule has 0 radical (unpaired) electrons. The van der Waals surface area contributed by atoms with Crippen molar-refractivity contribution in [2.45, 2.75) is 32.1 Å². The van der Waals surface area contributed by atoms with Crippen molar-refractivity contribution in [3.63, 3.8) is 0 Å². The van der Waals surface area contributed by atoms with Gasteiger partial charge in [0.2, 0.25) is 0 Å². The van der Waals surface area contributed by atoms with Crippen LogP contribution in [0.4, 0.5) is 0 Å². The number of methoxy groups -OCH3 is 1. The van der Waals surface area contributed by atoms with Crippen LogP contribution in [0.1, 0.15) is 35.1 Å². The van der Waals surface area contributed by atoms with Crippen LogP contribution in [0.3, 0.4) is 0 Å². The van der Waals surface area contributed by atoms with Crippen LogP contribution in [0.5, 0.6) is 11.5 Å². The third-order valence-corrected chi connectivity index (χ3v) is 5.65. The molecule has 0 aliphatic carbocycles. The van der Waals surface area contributed by atoms with Gasteiger partial charge in [-0.25, -0.2) is 0 Å². The van der Waals surface area contributed by atoms with Gasteiger partial charge in [0.05, 0.1) is 24.8 Å². The molecule has 4 aromatic carbocycles. The fourth-order valence-electron chi connectivity index (χ4n) is 3.80. The fourth-order valence-corrected chi connectivity index (χ4v) is 3.80. The molecule has 4 rings (SSSR count). The van der Waals surface area contributed by atoms with Crippen molar-refractivity contribution in [3.8, 4) is 17.6 Å². The molecule has 0 saturated carbocycles. The van der Waals surface area contributed by atoms with Crippen LogP contribution in [0.25, 0.3) is 0 Å². The SMILES string of the molecule is C=CC.COC.N#CC(Cc1ccc(OC(=O)Cc2ccccc2)cc1)c1ccc(OC(=O)Cc2ccccc2)cc1. The highest BCUT2D eigenvalue weighted by atomic mass is 16.5. The normalized spacial score (nSPS) is 10.3. The fraction of sp³-hybridized carbons (Fsp3) is 0.194. The molecule has 6 nitrogen and oxygen atoms in total. The first-order valence-corrected chi connectivity index (χ1v) is 13.5. The van der Waals surface area contributed by atoms with E-state index < -0.39 is 0 Å². The molecule has 0 bridgehead atoms. The molecule has 4 aromatic rings. The van der Waals surface area contributed by atoms with Crippen molar-refractivity contribution in [1.82, 2.24) is 0 Å². The van der Waals surface area contributed by atoms with Gasteiger partial charge in [-0.15, -0.1) is 6.58 Å². The zero-order chi connectivity index (χ0) is 30.6. The zero-order valence-electron chi connectivity index (χ0n) is 24.4. The summed E-state index contributed by atoms with van der Waals surface area (Å²) in [5.74, 6) is -0.123. The van der Waals surface area contributed by atoms with Crippen LogP contribution >= 0.6 is 0 Å². The maximum absolute atomic E-state index is 12.2. The van der Waals surface area contributed by atoms with Gasteiger partial charge in [0.25, 0.3) is 0 Å². The quantitative estimate of drug-likeness (QED) is 0.121. The largest absolute Gasteiger partial charge is 0.426 e. The van der Waals surface area contributed by atoms with Crippen LogP contribution in [-0.4, -0.2) is 26.2 Å². The number of hydrogen-bond acceptors (Lipinski definition) is 6. The Morgan fingerprint density at radius 1 is 0.714 bits per heavy atom. The Balaban J connectivity index is 0.000000946. The van der Waals surface area contributed by atoms with E-state index in [0.29, 0.717) is 17.9 Å². The average molecular weight is 564 g/mol.